The maximum atomic E-state index is 13.5. The number of nitrogens with one attached hydrogen (secondary N) is 1. The predicted molar refractivity (Wildman–Crippen MR) is 119 cm³/mol. The zero-order valence-electron chi connectivity index (χ0n) is 17.1. The van der Waals surface area contributed by atoms with Crippen molar-refractivity contribution in [2.75, 3.05) is 0 Å². The molecule has 4 bridgehead atoms. The second kappa shape index (κ2) is 7.00. The Morgan fingerprint density at radius 1 is 1.03 bits per heavy atom. The topological polar surface area (TPSA) is 46.9 Å². The van der Waals surface area contributed by atoms with Crippen molar-refractivity contribution in [1.29, 1.82) is 0 Å². The summed E-state index contributed by atoms with van der Waals surface area (Å²) in [6.45, 7) is 0. The molecule has 0 radical (unpaired) electrons. The number of carbonyl (C=O) groups is 1. The highest BCUT2D eigenvalue weighted by Crippen LogP contribution is 2.55. The molecule has 1 aromatic heterocycles. The molecule has 1 amide bonds. The van der Waals surface area contributed by atoms with Crippen molar-refractivity contribution in [3.8, 4) is 5.69 Å². The Labute approximate surface area is 187 Å². The van der Waals surface area contributed by atoms with Gasteiger partial charge in [-0.3, -0.25) is 4.79 Å². The van der Waals surface area contributed by atoms with Gasteiger partial charge in [0.15, 0.2) is 5.69 Å². The summed E-state index contributed by atoms with van der Waals surface area (Å²) in [6, 6.07) is 5.46. The van der Waals surface area contributed by atoms with E-state index in [2.05, 4.69) is 5.32 Å². The average Bonchev–Trinajstić information content (AvgIpc) is 3.06. The third kappa shape index (κ3) is 3.10. The lowest BCUT2D eigenvalue weighted by molar-refractivity contribution is -0.0168. The van der Waals surface area contributed by atoms with Gasteiger partial charge >= 0.3 is 0 Å². The highest BCUT2D eigenvalue weighted by atomic mass is 35.5. The standard InChI is InChI=1S/C24H27Cl2N3O/c25-17-5-6-21(19(26)10-17)29-20-4-2-1-3-18(20)22(28-29)23(30)27-24-11-14-7-15(12-24)9-16(8-14)13-24/h5-6,10,14-16H,1-4,7-9,11-13H2,(H,27,30). The molecule has 7 rings (SSSR count). The van der Waals surface area contributed by atoms with Crippen molar-refractivity contribution < 1.29 is 4.79 Å². The van der Waals surface area contributed by atoms with Crippen LogP contribution >= 0.6 is 23.2 Å². The molecule has 6 heteroatoms. The first-order valence-corrected chi connectivity index (χ1v) is 12.1. The van der Waals surface area contributed by atoms with E-state index in [1.807, 2.05) is 16.8 Å². The molecule has 30 heavy (non-hydrogen) atoms. The van der Waals surface area contributed by atoms with E-state index in [1.54, 1.807) is 6.07 Å². The van der Waals surface area contributed by atoms with Crippen molar-refractivity contribution in [1.82, 2.24) is 15.1 Å². The summed E-state index contributed by atoms with van der Waals surface area (Å²) in [5.74, 6) is 2.42. The molecule has 0 spiro atoms. The summed E-state index contributed by atoms with van der Waals surface area (Å²) in [6.07, 6.45) is 11.6. The van der Waals surface area contributed by atoms with Crippen LogP contribution in [-0.2, 0) is 12.8 Å². The normalized spacial score (nSPS) is 31.6. The molecule has 0 aliphatic heterocycles. The Hall–Kier alpha value is -1.52. The van der Waals surface area contributed by atoms with Crippen LogP contribution in [-0.4, -0.2) is 21.2 Å². The first-order chi connectivity index (χ1) is 14.5. The van der Waals surface area contributed by atoms with E-state index in [1.165, 1.54) is 19.3 Å². The van der Waals surface area contributed by atoms with E-state index in [4.69, 9.17) is 28.3 Å². The molecule has 4 nitrogen and oxygen atoms in total. The fourth-order valence-corrected chi connectivity index (χ4v) is 7.69. The minimum Gasteiger partial charge on any atom is -0.345 e. The van der Waals surface area contributed by atoms with E-state index in [-0.39, 0.29) is 11.4 Å². The third-order valence-electron chi connectivity index (χ3n) is 7.95. The summed E-state index contributed by atoms with van der Waals surface area (Å²) in [7, 11) is 0. The number of benzene rings is 1. The first-order valence-electron chi connectivity index (χ1n) is 11.4. The van der Waals surface area contributed by atoms with Gasteiger partial charge in [-0.25, -0.2) is 4.68 Å². The summed E-state index contributed by atoms with van der Waals surface area (Å²) in [4.78, 5) is 13.5. The molecule has 158 valence electrons. The van der Waals surface area contributed by atoms with Gasteiger partial charge in [0, 0.05) is 21.8 Å². The molecule has 0 atom stereocenters. The van der Waals surface area contributed by atoms with Crippen LogP contribution in [0.1, 0.15) is 73.1 Å². The number of hydrogen-bond acceptors (Lipinski definition) is 2. The van der Waals surface area contributed by atoms with E-state index in [0.717, 1.165) is 79.6 Å². The van der Waals surface area contributed by atoms with Crippen molar-refractivity contribution in [3.05, 3.63) is 45.2 Å². The van der Waals surface area contributed by atoms with Crippen LogP contribution in [0.5, 0.6) is 0 Å². The zero-order valence-corrected chi connectivity index (χ0v) is 18.6. The molecule has 1 aromatic carbocycles. The smallest absolute Gasteiger partial charge is 0.272 e. The minimum absolute atomic E-state index is 0.00488. The van der Waals surface area contributed by atoms with Crippen molar-refractivity contribution >= 4 is 29.1 Å². The molecule has 1 heterocycles. The number of nitrogens with zero attached hydrogens (tertiary/aromatic N) is 2. The number of rotatable bonds is 3. The minimum atomic E-state index is -0.00488. The van der Waals surface area contributed by atoms with Crippen LogP contribution in [0.2, 0.25) is 10.0 Å². The molecule has 4 fully saturated rings. The number of hydrogen-bond donors (Lipinski definition) is 1. The molecule has 4 saturated carbocycles. The van der Waals surface area contributed by atoms with Crippen molar-refractivity contribution in [2.24, 2.45) is 17.8 Å². The monoisotopic (exact) mass is 443 g/mol. The molecular formula is C24H27Cl2N3O. The quantitative estimate of drug-likeness (QED) is 0.655. The lowest BCUT2D eigenvalue weighted by atomic mass is 9.53. The first kappa shape index (κ1) is 19.2. The van der Waals surface area contributed by atoms with Gasteiger partial charge in [-0.1, -0.05) is 23.2 Å². The predicted octanol–water partition coefficient (Wildman–Crippen LogP) is 5.76. The fourth-order valence-electron chi connectivity index (χ4n) is 7.20. The SMILES string of the molecule is O=C(NC12CC3CC(CC(C3)C1)C2)c1nn(-c2ccc(Cl)cc2Cl)c2c1CCCC2. The number of carbonyl (C=O) groups excluding carboxylic acids is 1. The molecule has 0 unspecified atom stereocenters. The van der Waals surface area contributed by atoms with Crippen LogP contribution in [0.15, 0.2) is 18.2 Å². The Morgan fingerprint density at radius 2 is 1.70 bits per heavy atom. The molecular weight excluding hydrogens is 417 g/mol. The molecule has 0 saturated heterocycles. The molecule has 5 aliphatic carbocycles. The fraction of sp³-hybridized carbons (Fsp3) is 0.583. The number of amides is 1. The lowest BCUT2D eigenvalue weighted by Crippen LogP contribution is -2.60. The van der Waals surface area contributed by atoms with Gasteiger partial charge < -0.3 is 5.32 Å². The molecule has 1 N–H and O–H groups in total. The van der Waals surface area contributed by atoms with Crippen molar-refractivity contribution in [2.45, 2.75) is 69.7 Å². The van der Waals surface area contributed by atoms with Gasteiger partial charge in [-0.05, 0) is 100 Å². The molecule has 2 aromatic rings. The Morgan fingerprint density at radius 3 is 2.37 bits per heavy atom. The zero-order chi connectivity index (χ0) is 20.5. The highest BCUT2D eigenvalue weighted by molar-refractivity contribution is 6.35. The van der Waals surface area contributed by atoms with Gasteiger partial charge in [0.2, 0.25) is 0 Å². The Kier molecular flexibility index (Phi) is 4.47. The number of halogens is 2. The van der Waals surface area contributed by atoms with E-state index >= 15 is 0 Å². The number of fused-ring (bicyclic) bond motifs is 1. The summed E-state index contributed by atoms with van der Waals surface area (Å²) >= 11 is 12.6. The van der Waals surface area contributed by atoms with Gasteiger partial charge in [-0.15, -0.1) is 0 Å². The summed E-state index contributed by atoms with van der Waals surface area (Å²) in [5, 5.41) is 9.50. The van der Waals surface area contributed by atoms with Crippen LogP contribution in [0.4, 0.5) is 0 Å². The van der Waals surface area contributed by atoms with E-state index < -0.39 is 0 Å². The Bertz CT molecular complexity index is 992. The van der Waals surface area contributed by atoms with Crippen LogP contribution in [0.3, 0.4) is 0 Å². The number of aromatic nitrogens is 2. The maximum absolute atomic E-state index is 13.5. The van der Waals surface area contributed by atoms with Gasteiger partial charge in [0.05, 0.1) is 10.7 Å². The molecule has 5 aliphatic rings. The van der Waals surface area contributed by atoms with E-state index in [9.17, 15) is 4.79 Å². The van der Waals surface area contributed by atoms with Crippen LogP contribution < -0.4 is 5.32 Å². The second-order valence-corrected chi connectivity index (χ2v) is 11.0. The highest BCUT2D eigenvalue weighted by Gasteiger charge is 2.51. The van der Waals surface area contributed by atoms with Gasteiger partial charge in [0.25, 0.3) is 5.91 Å². The van der Waals surface area contributed by atoms with Crippen LogP contribution in [0.25, 0.3) is 5.69 Å². The van der Waals surface area contributed by atoms with E-state index in [0.29, 0.717) is 15.7 Å². The maximum Gasteiger partial charge on any atom is 0.272 e. The average molecular weight is 444 g/mol. The van der Waals surface area contributed by atoms with Gasteiger partial charge in [-0.2, -0.15) is 5.10 Å². The van der Waals surface area contributed by atoms with Crippen molar-refractivity contribution in [3.63, 3.8) is 0 Å². The lowest BCUT2D eigenvalue weighted by Gasteiger charge is -2.56. The Balaban J connectivity index is 1.35. The largest absolute Gasteiger partial charge is 0.345 e. The second-order valence-electron chi connectivity index (χ2n) is 10.1. The van der Waals surface area contributed by atoms with Gasteiger partial charge in [0.1, 0.15) is 0 Å². The van der Waals surface area contributed by atoms with Crippen LogP contribution in [0, 0.1) is 17.8 Å². The summed E-state index contributed by atoms with van der Waals surface area (Å²) in [5.41, 5.74) is 3.63. The summed E-state index contributed by atoms with van der Waals surface area (Å²) < 4.78 is 1.89. The third-order valence-corrected chi connectivity index (χ3v) is 8.49.